The standard InChI is InChI=1S/C24H21N3O3S/c1-29-20-14-12-19(13-15-20)25-21(28)16-31-24-27-26-23(30-24)22(17-8-4-2-5-9-17)18-10-6-3-7-11-18/h2-15,22H,16H2,1H3,(H,25,28). The molecule has 4 rings (SSSR count). The highest BCUT2D eigenvalue weighted by Gasteiger charge is 2.23. The van der Waals surface area contributed by atoms with Gasteiger partial charge in [0.1, 0.15) is 5.75 Å². The fourth-order valence-corrected chi connectivity index (χ4v) is 3.73. The Hall–Kier alpha value is -3.58. The number of hydrogen-bond acceptors (Lipinski definition) is 6. The summed E-state index contributed by atoms with van der Waals surface area (Å²) in [6.45, 7) is 0. The van der Waals surface area contributed by atoms with Gasteiger partial charge in [-0.05, 0) is 35.4 Å². The Kier molecular flexibility index (Phi) is 6.64. The minimum atomic E-state index is -0.169. The normalized spacial score (nSPS) is 10.8. The van der Waals surface area contributed by atoms with Crippen LogP contribution in [0, 0.1) is 0 Å². The maximum atomic E-state index is 12.3. The summed E-state index contributed by atoms with van der Waals surface area (Å²) in [6, 6.07) is 27.2. The molecule has 156 valence electrons. The van der Waals surface area contributed by atoms with Crippen LogP contribution in [0.4, 0.5) is 5.69 Å². The molecule has 4 aromatic rings. The zero-order chi connectivity index (χ0) is 21.5. The molecule has 0 radical (unpaired) electrons. The highest BCUT2D eigenvalue weighted by atomic mass is 32.2. The van der Waals surface area contributed by atoms with Crippen molar-refractivity contribution in [1.82, 2.24) is 10.2 Å². The number of ether oxygens (including phenoxy) is 1. The summed E-state index contributed by atoms with van der Waals surface area (Å²) in [5.41, 5.74) is 2.82. The van der Waals surface area contributed by atoms with Gasteiger partial charge in [0, 0.05) is 5.69 Å². The van der Waals surface area contributed by atoms with Gasteiger partial charge >= 0.3 is 0 Å². The maximum Gasteiger partial charge on any atom is 0.277 e. The molecule has 0 unspecified atom stereocenters. The first-order chi connectivity index (χ1) is 15.2. The second kappa shape index (κ2) is 9.95. The highest BCUT2D eigenvalue weighted by Crippen LogP contribution is 2.32. The molecule has 0 spiro atoms. The van der Waals surface area contributed by atoms with E-state index in [0.717, 1.165) is 16.9 Å². The van der Waals surface area contributed by atoms with Crippen LogP contribution in [-0.4, -0.2) is 29.0 Å². The molecule has 0 aliphatic rings. The fraction of sp³-hybridized carbons (Fsp3) is 0.125. The molecule has 0 aliphatic carbocycles. The molecule has 31 heavy (non-hydrogen) atoms. The van der Waals surface area contributed by atoms with E-state index in [1.165, 1.54) is 11.8 Å². The van der Waals surface area contributed by atoms with Crippen molar-refractivity contribution in [3.05, 3.63) is 102 Å². The van der Waals surface area contributed by atoms with Gasteiger partial charge in [-0.25, -0.2) is 0 Å². The second-order valence-electron chi connectivity index (χ2n) is 6.73. The molecule has 0 saturated heterocycles. The third kappa shape index (κ3) is 5.32. The molecule has 0 fully saturated rings. The van der Waals surface area contributed by atoms with Gasteiger partial charge in [0.25, 0.3) is 5.22 Å². The summed E-state index contributed by atoms with van der Waals surface area (Å²) in [5, 5.41) is 11.6. The Morgan fingerprint density at radius 3 is 2.13 bits per heavy atom. The molecule has 7 heteroatoms. The number of aromatic nitrogens is 2. The van der Waals surface area contributed by atoms with Crippen molar-refractivity contribution in [1.29, 1.82) is 0 Å². The Labute approximate surface area is 184 Å². The minimum absolute atomic E-state index is 0.155. The topological polar surface area (TPSA) is 77.2 Å². The van der Waals surface area contributed by atoms with Crippen molar-refractivity contribution in [3.63, 3.8) is 0 Å². The van der Waals surface area contributed by atoms with E-state index in [0.29, 0.717) is 16.8 Å². The first-order valence-corrected chi connectivity index (χ1v) is 10.7. The largest absolute Gasteiger partial charge is 0.497 e. The summed E-state index contributed by atoms with van der Waals surface area (Å²) >= 11 is 1.21. The molecule has 1 aromatic heterocycles. The summed E-state index contributed by atoms with van der Waals surface area (Å²) in [6.07, 6.45) is 0. The van der Waals surface area contributed by atoms with E-state index < -0.39 is 0 Å². The zero-order valence-electron chi connectivity index (χ0n) is 16.9. The van der Waals surface area contributed by atoms with Crippen LogP contribution >= 0.6 is 11.8 Å². The van der Waals surface area contributed by atoms with Crippen LogP contribution in [0.15, 0.2) is 94.6 Å². The van der Waals surface area contributed by atoms with Gasteiger partial charge in [0.05, 0.1) is 18.8 Å². The van der Waals surface area contributed by atoms with Crippen LogP contribution in [0.25, 0.3) is 0 Å². The van der Waals surface area contributed by atoms with E-state index in [-0.39, 0.29) is 17.6 Å². The highest BCUT2D eigenvalue weighted by molar-refractivity contribution is 7.99. The number of carbonyl (C=O) groups is 1. The van der Waals surface area contributed by atoms with Crippen LogP contribution in [0.2, 0.25) is 0 Å². The van der Waals surface area contributed by atoms with Gasteiger partial charge in [0.15, 0.2) is 0 Å². The van der Waals surface area contributed by atoms with Crippen molar-refractivity contribution in [3.8, 4) is 5.75 Å². The smallest absolute Gasteiger partial charge is 0.277 e. The molecule has 0 aliphatic heterocycles. The van der Waals surface area contributed by atoms with E-state index in [4.69, 9.17) is 9.15 Å². The Morgan fingerprint density at radius 2 is 1.55 bits per heavy atom. The number of methoxy groups -OCH3 is 1. The molecule has 3 aromatic carbocycles. The number of carbonyl (C=O) groups excluding carboxylic acids is 1. The van der Waals surface area contributed by atoms with Gasteiger partial charge in [-0.3, -0.25) is 4.79 Å². The quantitative estimate of drug-likeness (QED) is 0.396. The lowest BCUT2D eigenvalue weighted by Crippen LogP contribution is -2.13. The Balaban J connectivity index is 1.44. The van der Waals surface area contributed by atoms with E-state index in [2.05, 4.69) is 15.5 Å². The number of rotatable bonds is 8. The number of thioether (sulfide) groups is 1. The first-order valence-electron chi connectivity index (χ1n) is 9.73. The molecule has 1 heterocycles. The van der Waals surface area contributed by atoms with Crippen molar-refractivity contribution in [2.75, 3.05) is 18.2 Å². The number of amides is 1. The number of benzene rings is 3. The molecular weight excluding hydrogens is 410 g/mol. The predicted octanol–water partition coefficient (Wildman–Crippen LogP) is 4.99. The monoisotopic (exact) mass is 431 g/mol. The van der Waals surface area contributed by atoms with Gasteiger partial charge in [-0.2, -0.15) is 0 Å². The van der Waals surface area contributed by atoms with Crippen molar-refractivity contribution >= 4 is 23.4 Å². The molecule has 6 nitrogen and oxygen atoms in total. The lowest BCUT2D eigenvalue weighted by atomic mass is 9.91. The van der Waals surface area contributed by atoms with E-state index in [9.17, 15) is 4.79 Å². The van der Waals surface area contributed by atoms with Gasteiger partial charge in [-0.1, -0.05) is 72.4 Å². The summed E-state index contributed by atoms with van der Waals surface area (Å²) in [5.74, 6) is 1.07. The van der Waals surface area contributed by atoms with Crippen LogP contribution in [-0.2, 0) is 4.79 Å². The Morgan fingerprint density at radius 1 is 0.935 bits per heavy atom. The molecular formula is C24H21N3O3S. The zero-order valence-corrected chi connectivity index (χ0v) is 17.7. The van der Waals surface area contributed by atoms with E-state index >= 15 is 0 Å². The summed E-state index contributed by atoms with van der Waals surface area (Å²) < 4.78 is 11.1. The van der Waals surface area contributed by atoms with E-state index in [1.807, 2.05) is 60.7 Å². The molecule has 0 saturated carbocycles. The van der Waals surface area contributed by atoms with Crippen molar-refractivity contribution < 1.29 is 13.9 Å². The van der Waals surface area contributed by atoms with Crippen molar-refractivity contribution in [2.24, 2.45) is 0 Å². The number of nitrogens with zero attached hydrogens (tertiary/aromatic N) is 2. The van der Waals surface area contributed by atoms with Gasteiger partial charge < -0.3 is 14.5 Å². The Bertz CT molecular complexity index is 1080. The van der Waals surface area contributed by atoms with Crippen molar-refractivity contribution in [2.45, 2.75) is 11.1 Å². The average molecular weight is 432 g/mol. The summed E-state index contributed by atoms with van der Waals surface area (Å²) in [7, 11) is 1.60. The van der Waals surface area contributed by atoms with E-state index in [1.54, 1.807) is 31.4 Å². The number of nitrogens with one attached hydrogen (secondary N) is 1. The minimum Gasteiger partial charge on any atom is -0.497 e. The SMILES string of the molecule is COc1ccc(NC(=O)CSc2nnc(C(c3ccccc3)c3ccccc3)o2)cc1. The van der Waals surface area contributed by atoms with Gasteiger partial charge in [0.2, 0.25) is 11.8 Å². The van der Waals surface area contributed by atoms with Crippen LogP contribution < -0.4 is 10.1 Å². The van der Waals surface area contributed by atoms with Gasteiger partial charge in [-0.15, -0.1) is 10.2 Å². The second-order valence-corrected chi connectivity index (χ2v) is 7.65. The lowest BCUT2D eigenvalue weighted by Gasteiger charge is -2.13. The third-order valence-electron chi connectivity index (χ3n) is 4.64. The van der Waals surface area contributed by atoms with Crippen LogP contribution in [0.1, 0.15) is 22.9 Å². The molecule has 1 N–H and O–H groups in total. The third-order valence-corrected chi connectivity index (χ3v) is 5.45. The van der Waals surface area contributed by atoms with Crippen LogP contribution in [0.3, 0.4) is 0 Å². The number of hydrogen-bond donors (Lipinski definition) is 1. The molecule has 0 bridgehead atoms. The summed E-state index contributed by atoms with van der Waals surface area (Å²) in [4.78, 5) is 12.3. The molecule has 1 amide bonds. The number of anilines is 1. The predicted molar refractivity (Wildman–Crippen MR) is 120 cm³/mol. The maximum absolute atomic E-state index is 12.3. The average Bonchev–Trinajstić information content (AvgIpc) is 3.28. The van der Waals surface area contributed by atoms with Crippen LogP contribution in [0.5, 0.6) is 5.75 Å². The lowest BCUT2D eigenvalue weighted by molar-refractivity contribution is -0.113. The molecule has 0 atom stereocenters. The fourth-order valence-electron chi connectivity index (χ4n) is 3.16. The first kappa shape index (κ1) is 20.7.